The maximum Gasteiger partial charge on any atom is 0.115 e. The first-order valence-electron chi connectivity index (χ1n) is 6.33. The Morgan fingerprint density at radius 3 is 2.65 bits per heavy atom. The van der Waals surface area contributed by atoms with E-state index in [9.17, 15) is 5.11 Å². The van der Waals surface area contributed by atoms with E-state index in [1.54, 1.807) is 12.1 Å². The van der Waals surface area contributed by atoms with Crippen molar-refractivity contribution in [2.45, 2.75) is 44.2 Å². The van der Waals surface area contributed by atoms with Crippen LogP contribution in [0, 0.1) is 0 Å². The van der Waals surface area contributed by atoms with Crippen molar-refractivity contribution in [3.8, 4) is 5.75 Å². The Kier molecular flexibility index (Phi) is 4.30. The highest BCUT2D eigenvalue weighted by Crippen LogP contribution is 2.29. The van der Waals surface area contributed by atoms with Crippen molar-refractivity contribution in [2.75, 3.05) is 5.88 Å². The lowest BCUT2D eigenvalue weighted by Crippen LogP contribution is -2.48. The van der Waals surface area contributed by atoms with Crippen LogP contribution in [0.15, 0.2) is 24.3 Å². The van der Waals surface area contributed by atoms with Crippen molar-refractivity contribution in [1.82, 2.24) is 5.32 Å². The Balaban J connectivity index is 1.95. The molecular weight excluding hydrogens is 234 g/mol. The van der Waals surface area contributed by atoms with Gasteiger partial charge in [0.05, 0.1) is 0 Å². The second kappa shape index (κ2) is 5.74. The Labute approximate surface area is 108 Å². The van der Waals surface area contributed by atoms with E-state index >= 15 is 0 Å². The lowest BCUT2D eigenvalue weighted by molar-refractivity contribution is 0.256. The third-order valence-electron chi connectivity index (χ3n) is 3.64. The van der Waals surface area contributed by atoms with Crippen LogP contribution < -0.4 is 5.32 Å². The number of phenols is 1. The number of nitrogens with one attached hydrogen (secondary N) is 1. The average molecular weight is 254 g/mol. The summed E-state index contributed by atoms with van der Waals surface area (Å²) < 4.78 is 0. The highest BCUT2D eigenvalue weighted by atomic mass is 35.5. The fraction of sp³-hybridized carbons (Fsp3) is 0.571. The van der Waals surface area contributed by atoms with Crippen molar-refractivity contribution in [2.24, 2.45) is 0 Å². The zero-order valence-corrected chi connectivity index (χ0v) is 10.8. The van der Waals surface area contributed by atoms with Crippen molar-refractivity contribution in [3.63, 3.8) is 0 Å². The molecule has 0 aromatic heterocycles. The third kappa shape index (κ3) is 3.36. The second-order valence-corrected chi connectivity index (χ2v) is 5.27. The van der Waals surface area contributed by atoms with Gasteiger partial charge in [-0.2, -0.15) is 0 Å². The van der Waals surface area contributed by atoms with Crippen LogP contribution in [0.25, 0.3) is 0 Å². The Bertz CT molecular complexity index is 361. The number of phenolic OH excluding ortho intramolecular Hbond substituents is 1. The van der Waals surface area contributed by atoms with Gasteiger partial charge in [0.25, 0.3) is 0 Å². The number of hydrogen-bond acceptors (Lipinski definition) is 2. The van der Waals surface area contributed by atoms with Gasteiger partial charge >= 0.3 is 0 Å². The lowest BCUT2D eigenvalue weighted by atomic mass is 9.83. The van der Waals surface area contributed by atoms with Gasteiger partial charge in [0.1, 0.15) is 5.75 Å². The number of hydrogen-bond donors (Lipinski definition) is 2. The molecule has 0 radical (unpaired) electrons. The van der Waals surface area contributed by atoms with Gasteiger partial charge < -0.3 is 10.4 Å². The number of alkyl halides is 1. The molecule has 2 nitrogen and oxygen atoms in total. The molecule has 0 saturated heterocycles. The molecule has 1 aliphatic carbocycles. The Morgan fingerprint density at radius 1 is 1.24 bits per heavy atom. The standard InChI is InChI=1S/C14H20ClNO/c15-11-14(7-2-1-3-8-14)16-10-12-5-4-6-13(17)9-12/h4-6,9,16-17H,1-3,7-8,10-11H2. The molecule has 0 amide bonds. The summed E-state index contributed by atoms with van der Waals surface area (Å²) in [5.74, 6) is 0.999. The quantitative estimate of drug-likeness (QED) is 0.806. The van der Waals surface area contributed by atoms with Gasteiger partial charge in [0, 0.05) is 18.0 Å². The monoisotopic (exact) mass is 253 g/mol. The Morgan fingerprint density at radius 2 is 2.00 bits per heavy atom. The van der Waals surface area contributed by atoms with Gasteiger partial charge in [-0.3, -0.25) is 0 Å². The van der Waals surface area contributed by atoms with Gasteiger partial charge in [0.2, 0.25) is 0 Å². The molecular formula is C14H20ClNO. The van der Waals surface area contributed by atoms with Gasteiger partial charge in [-0.05, 0) is 30.5 Å². The fourth-order valence-electron chi connectivity index (χ4n) is 2.54. The van der Waals surface area contributed by atoms with E-state index in [0.717, 1.165) is 24.9 Å². The number of rotatable bonds is 4. The molecule has 0 atom stereocenters. The summed E-state index contributed by atoms with van der Waals surface area (Å²) in [5.41, 5.74) is 1.21. The van der Waals surface area contributed by atoms with Gasteiger partial charge in [-0.15, -0.1) is 11.6 Å². The maximum atomic E-state index is 9.42. The normalized spacial score (nSPS) is 19.1. The van der Waals surface area contributed by atoms with Crippen LogP contribution in [0.3, 0.4) is 0 Å². The number of benzene rings is 1. The first-order chi connectivity index (χ1) is 8.24. The summed E-state index contributed by atoms with van der Waals surface area (Å²) in [7, 11) is 0. The zero-order valence-electron chi connectivity index (χ0n) is 10.1. The smallest absolute Gasteiger partial charge is 0.115 e. The van der Waals surface area contributed by atoms with Gasteiger partial charge in [-0.1, -0.05) is 31.4 Å². The van der Waals surface area contributed by atoms with Crippen molar-refractivity contribution >= 4 is 11.6 Å². The zero-order chi connectivity index (χ0) is 12.1. The molecule has 0 bridgehead atoms. The average Bonchev–Trinajstić information content (AvgIpc) is 2.38. The summed E-state index contributed by atoms with van der Waals surface area (Å²) in [4.78, 5) is 0. The van der Waals surface area contributed by atoms with E-state index in [2.05, 4.69) is 5.32 Å². The molecule has 0 aliphatic heterocycles. The van der Waals surface area contributed by atoms with Crippen molar-refractivity contribution in [1.29, 1.82) is 0 Å². The van der Waals surface area contributed by atoms with Crippen LogP contribution in [-0.2, 0) is 6.54 Å². The first kappa shape index (κ1) is 12.7. The highest BCUT2D eigenvalue weighted by molar-refractivity contribution is 6.18. The number of aromatic hydroxyl groups is 1. The molecule has 17 heavy (non-hydrogen) atoms. The highest BCUT2D eigenvalue weighted by Gasteiger charge is 2.30. The number of halogens is 1. The fourth-order valence-corrected chi connectivity index (χ4v) is 2.90. The molecule has 0 heterocycles. The van der Waals surface area contributed by atoms with Crippen LogP contribution >= 0.6 is 11.6 Å². The molecule has 3 heteroatoms. The molecule has 2 N–H and O–H groups in total. The van der Waals surface area contributed by atoms with Gasteiger partial charge in [0.15, 0.2) is 0 Å². The first-order valence-corrected chi connectivity index (χ1v) is 6.86. The van der Waals surface area contributed by atoms with E-state index in [1.165, 1.54) is 19.3 Å². The van der Waals surface area contributed by atoms with Crippen LogP contribution in [-0.4, -0.2) is 16.5 Å². The molecule has 1 aliphatic rings. The van der Waals surface area contributed by atoms with Crippen LogP contribution in [0.4, 0.5) is 0 Å². The maximum absolute atomic E-state index is 9.42. The van der Waals surface area contributed by atoms with E-state index in [0.29, 0.717) is 11.6 Å². The third-order valence-corrected chi connectivity index (χ3v) is 4.16. The predicted octanol–water partition coefficient (Wildman–Crippen LogP) is 3.42. The summed E-state index contributed by atoms with van der Waals surface area (Å²) in [6.07, 6.45) is 6.18. The van der Waals surface area contributed by atoms with E-state index in [-0.39, 0.29) is 5.54 Å². The summed E-state index contributed by atoms with van der Waals surface area (Å²) in [6.45, 7) is 0.779. The lowest BCUT2D eigenvalue weighted by Gasteiger charge is -2.36. The molecule has 0 unspecified atom stereocenters. The largest absolute Gasteiger partial charge is 0.508 e. The predicted molar refractivity (Wildman–Crippen MR) is 71.5 cm³/mol. The molecule has 94 valence electrons. The minimum absolute atomic E-state index is 0.102. The van der Waals surface area contributed by atoms with Crippen molar-refractivity contribution in [3.05, 3.63) is 29.8 Å². The topological polar surface area (TPSA) is 32.3 Å². The molecule has 1 aromatic rings. The Hall–Kier alpha value is -0.730. The van der Waals surface area contributed by atoms with Crippen LogP contribution in [0.2, 0.25) is 0 Å². The van der Waals surface area contributed by atoms with E-state index in [4.69, 9.17) is 11.6 Å². The van der Waals surface area contributed by atoms with E-state index in [1.807, 2.05) is 12.1 Å². The minimum atomic E-state index is 0.102. The minimum Gasteiger partial charge on any atom is -0.508 e. The molecule has 1 fully saturated rings. The van der Waals surface area contributed by atoms with Crippen LogP contribution in [0.1, 0.15) is 37.7 Å². The molecule has 1 saturated carbocycles. The summed E-state index contributed by atoms with van der Waals surface area (Å²) in [6, 6.07) is 7.40. The molecule has 1 aromatic carbocycles. The van der Waals surface area contributed by atoms with E-state index < -0.39 is 0 Å². The molecule has 0 spiro atoms. The summed E-state index contributed by atoms with van der Waals surface area (Å²) in [5, 5.41) is 13.0. The second-order valence-electron chi connectivity index (χ2n) is 5.00. The van der Waals surface area contributed by atoms with Crippen LogP contribution in [0.5, 0.6) is 5.75 Å². The van der Waals surface area contributed by atoms with Gasteiger partial charge in [-0.25, -0.2) is 0 Å². The van der Waals surface area contributed by atoms with Crippen molar-refractivity contribution < 1.29 is 5.11 Å². The SMILES string of the molecule is Oc1cccc(CNC2(CCl)CCCCC2)c1. The molecule has 2 rings (SSSR count). The summed E-state index contributed by atoms with van der Waals surface area (Å²) >= 11 is 6.12.